The number of hydrogen-bond donors (Lipinski definition) is 2. The van der Waals surface area contributed by atoms with Crippen LogP contribution in [0.2, 0.25) is 0 Å². The second kappa shape index (κ2) is 6.88. The largest absolute Gasteiger partial charge is 0.310 e. The third kappa shape index (κ3) is 3.69. The van der Waals surface area contributed by atoms with Crippen LogP contribution in [0.25, 0.3) is 0 Å². The first kappa shape index (κ1) is 14.3. The Morgan fingerprint density at radius 1 is 1.45 bits per heavy atom. The van der Waals surface area contributed by atoms with Crippen molar-refractivity contribution in [2.24, 2.45) is 0 Å². The minimum absolute atomic E-state index is 0.258. The lowest BCUT2D eigenvalue weighted by molar-refractivity contribution is 0.558. The first-order valence-corrected chi connectivity index (χ1v) is 6.93. The number of nitriles is 1. The zero-order valence-electron chi connectivity index (χ0n) is 12.0. The van der Waals surface area contributed by atoms with Crippen molar-refractivity contribution in [3.05, 3.63) is 52.8 Å². The van der Waals surface area contributed by atoms with E-state index >= 15 is 0 Å². The molecule has 0 saturated carbocycles. The Bertz CT molecular complexity index is 595. The zero-order valence-corrected chi connectivity index (χ0v) is 12.0. The summed E-state index contributed by atoms with van der Waals surface area (Å²) < 4.78 is 0. The van der Waals surface area contributed by atoms with Gasteiger partial charge in [-0.2, -0.15) is 10.4 Å². The number of benzene rings is 1. The van der Waals surface area contributed by atoms with Gasteiger partial charge in [-0.05, 0) is 56.5 Å². The van der Waals surface area contributed by atoms with Gasteiger partial charge in [0.05, 0.1) is 17.8 Å². The van der Waals surface area contributed by atoms with E-state index in [0.717, 1.165) is 30.6 Å². The maximum absolute atomic E-state index is 8.91. The average Bonchev–Trinajstić information content (AvgIpc) is 2.89. The van der Waals surface area contributed by atoms with Crippen molar-refractivity contribution < 1.29 is 0 Å². The minimum atomic E-state index is 0.258. The van der Waals surface area contributed by atoms with Crippen molar-refractivity contribution in [3.63, 3.8) is 0 Å². The topological polar surface area (TPSA) is 64.5 Å². The lowest BCUT2D eigenvalue weighted by Crippen LogP contribution is -2.20. The fraction of sp³-hybridized carbons (Fsp3) is 0.375. The molecule has 0 fully saturated rings. The Kier molecular flexibility index (Phi) is 4.91. The maximum Gasteiger partial charge on any atom is 0.0991 e. The highest BCUT2D eigenvalue weighted by Gasteiger charge is 2.05. The van der Waals surface area contributed by atoms with Gasteiger partial charge in [-0.3, -0.25) is 5.10 Å². The quantitative estimate of drug-likeness (QED) is 0.792. The van der Waals surface area contributed by atoms with Gasteiger partial charge in [0.1, 0.15) is 0 Å². The molecule has 0 radical (unpaired) electrons. The number of nitrogens with one attached hydrogen (secondary N) is 2. The number of hydrogen-bond acceptors (Lipinski definition) is 3. The zero-order chi connectivity index (χ0) is 14.4. The number of H-pyrrole nitrogens is 1. The third-order valence-electron chi connectivity index (χ3n) is 3.52. The van der Waals surface area contributed by atoms with E-state index in [1.165, 1.54) is 5.56 Å². The predicted octanol–water partition coefficient (Wildman–Crippen LogP) is 2.87. The van der Waals surface area contributed by atoms with Crippen molar-refractivity contribution in [1.82, 2.24) is 15.5 Å². The lowest BCUT2D eigenvalue weighted by Gasteiger charge is -2.14. The van der Waals surface area contributed by atoms with Crippen LogP contribution in [0.1, 0.15) is 41.8 Å². The molecule has 1 atom stereocenters. The summed E-state index contributed by atoms with van der Waals surface area (Å²) >= 11 is 0. The van der Waals surface area contributed by atoms with Crippen molar-refractivity contribution in [2.45, 2.75) is 32.7 Å². The summed E-state index contributed by atoms with van der Waals surface area (Å²) in [5.41, 5.74) is 4.31. The normalized spacial score (nSPS) is 12.1. The molecule has 2 N–H and O–H groups in total. The Morgan fingerprint density at radius 3 is 3.00 bits per heavy atom. The second-order valence-electron chi connectivity index (χ2n) is 5.04. The van der Waals surface area contributed by atoms with Crippen LogP contribution in [0, 0.1) is 18.3 Å². The summed E-state index contributed by atoms with van der Waals surface area (Å²) in [7, 11) is 0. The molecule has 0 aliphatic heterocycles. The standard InChI is InChI=1S/C16H20N4/c1-12(15-6-3-5-14(9-15)10-17)18-8-4-7-16-11-19-20-13(16)2/h3,5-6,9,11-12,18H,4,7-8H2,1-2H3,(H,19,20). The van der Waals surface area contributed by atoms with Gasteiger partial charge in [0.25, 0.3) is 0 Å². The van der Waals surface area contributed by atoms with Gasteiger partial charge in [0, 0.05) is 11.7 Å². The van der Waals surface area contributed by atoms with Crippen LogP contribution in [0.5, 0.6) is 0 Å². The number of aromatic nitrogens is 2. The summed E-state index contributed by atoms with van der Waals surface area (Å²) in [4.78, 5) is 0. The highest BCUT2D eigenvalue weighted by atomic mass is 15.1. The van der Waals surface area contributed by atoms with Crippen LogP contribution in [0.15, 0.2) is 30.5 Å². The van der Waals surface area contributed by atoms with E-state index in [1.807, 2.05) is 31.3 Å². The van der Waals surface area contributed by atoms with E-state index < -0.39 is 0 Å². The van der Waals surface area contributed by atoms with Crippen LogP contribution >= 0.6 is 0 Å². The number of rotatable bonds is 6. The van der Waals surface area contributed by atoms with Gasteiger partial charge in [-0.25, -0.2) is 0 Å². The second-order valence-corrected chi connectivity index (χ2v) is 5.04. The van der Waals surface area contributed by atoms with E-state index in [-0.39, 0.29) is 6.04 Å². The molecule has 1 unspecified atom stereocenters. The van der Waals surface area contributed by atoms with Crippen LogP contribution < -0.4 is 5.32 Å². The fourth-order valence-corrected chi connectivity index (χ4v) is 2.22. The molecule has 0 saturated heterocycles. The molecular formula is C16H20N4. The minimum Gasteiger partial charge on any atom is -0.310 e. The van der Waals surface area contributed by atoms with Gasteiger partial charge in [-0.1, -0.05) is 12.1 Å². The van der Waals surface area contributed by atoms with Gasteiger partial charge in [0.2, 0.25) is 0 Å². The van der Waals surface area contributed by atoms with E-state index in [9.17, 15) is 0 Å². The van der Waals surface area contributed by atoms with Crippen molar-refractivity contribution in [3.8, 4) is 6.07 Å². The first-order valence-electron chi connectivity index (χ1n) is 6.93. The highest BCUT2D eigenvalue weighted by molar-refractivity contribution is 5.34. The Labute approximate surface area is 119 Å². The first-order chi connectivity index (χ1) is 9.70. The van der Waals surface area contributed by atoms with Gasteiger partial charge in [-0.15, -0.1) is 0 Å². The Hall–Kier alpha value is -2.12. The highest BCUT2D eigenvalue weighted by Crippen LogP contribution is 2.14. The molecule has 104 valence electrons. The fourth-order valence-electron chi connectivity index (χ4n) is 2.22. The molecule has 4 nitrogen and oxygen atoms in total. The van der Waals surface area contributed by atoms with E-state index in [1.54, 1.807) is 0 Å². The summed E-state index contributed by atoms with van der Waals surface area (Å²) in [5.74, 6) is 0. The molecule has 2 aromatic rings. The van der Waals surface area contributed by atoms with Crippen molar-refractivity contribution >= 4 is 0 Å². The molecule has 1 heterocycles. The third-order valence-corrected chi connectivity index (χ3v) is 3.52. The molecule has 0 aliphatic rings. The predicted molar refractivity (Wildman–Crippen MR) is 79.2 cm³/mol. The van der Waals surface area contributed by atoms with Gasteiger partial charge < -0.3 is 5.32 Å². The molecule has 20 heavy (non-hydrogen) atoms. The molecule has 0 bridgehead atoms. The van der Waals surface area contributed by atoms with Gasteiger partial charge in [0.15, 0.2) is 0 Å². The lowest BCUT2D eigenvalue weighted by atomic mass is 10.1. The maximum atomic E-state index is 8.91. The molecule has 4 heteroatoms. The monoisotopic (exact) mass is 268 g/mol. The molecule has 1 aromatic carbocycles. The molecule has 0 aliphatic carbocycles. The Balaban J connectivity index is 1.79. The smallest absolute Gasteiger partial charge is 0.0991 e. The van der Waals surface area contributed by atoms with Gasteiger partial charge >= 0.3 is 0 Å². The van der Waals surface area contributed by atoms with Crippen LogP contribution in [0.4, 0.5) is 0 Å². The van der Waals surface area contributed by atoms with E-state index in [4.69, 9.17) is 5.26 Å². The van der Waals surface area contributed by atoms with Crippen LogP contribution in [-0.4, -0.2) is 16.7 Å². The van der Waals surface area contributed by atoms with Crippen molar-refractivity contribution in [2.75, 3.05) is 6.54 Å². The molecule has 0 amide bonds. The van der Waals surface area contributed by atoms with Crippen LogP contribution in [0.3, 0.4) is 0 Å². The summed E-state index contributed by atoms with van der Waals surface area (Å²) in [6, 6.07) is 10.2. The molecule has 2 rings (SSSR count). The van der Waals surface area contributed by atoms with E-state index in [0.29, 0.717) is 5.56 Å². The van der Waals surface area contributed by atoms with E-state index in [2.05, 4.69) is 34.6 Å². The molecular weight excluding hydrogens is 248 g/mol. The summed E-state index contributed by atoms with van der Waals surface area (Å²) in [6.07, 6.45) is 4.00. The van der Waals surface area contributed by atoms with Crippen molar-refractivity contribution in [1.29, 1.82) is 5.26 Å². The van der Waals surface area contributed by atoms with Crippen LogP contribution in [-0.2, 0) is 6.42 Å². The molecule has 0 spiro atoms. The summed E-state index contributed by atoms with van der Waals surface area (Å²) in [5, 5.41) is 19.4. The Morgan fingerprint density at radius 2 is 2.30 bits per heavy atom. The molecule has 1 aromatic heterocycles. The number of aryl methyl sites for hydroxylation is 2. The summed E-state index contributed by atoms with van der Waals surface area (Å²) in [6.45, 7) is 5.12. The number of aromatic amines is 1. The number of nitrogens with zero attached hydrogens (tertiary/aromatic N) is 2. The SMILES string of the molecule is Cc1[nH]ncc1CCCNC(C)c1cccc(C#N)c1. The average molecular weight is 268 g/mol.